The lowest BCUT2D eigenvalue weighted by Crippen LogP contribution is -2.43. The van der Waals surface area contributed by atoms with Gasteiger partial charge in [0, 0.05) is 30.6 Å². The second-order valence-electron chi connectivity index (χ2n) is 4.99. The third-order valence-electron chi connectivity index (χ3n) is 3.75. The van der Waals surface area contributed by atoms with Crippen LogP contribution in [0.5, 0.6) is 5.75 Å². The first kappa shape index (κ1) is 13.1. The Labute approximate surface area is 117 Å². The Morgan fingerprint density at radius 1 is 1.25 bits per heavy atom. The molecule has 0 spiro atoms. The molecule has 1 aliphatic heterocycles. The average molecular weight is 275 g/mol. The van der Waals surface area contributed by atoms with Crippen molar-refractivity contribution in [3.8, 4) is 5.75 Å². The van der Waals surface area contributed by atoms with Crippen LogP contribution in [0.2, 0.25) is 0 Å². The largest absolute Gasteiger partial charge is 0.483 e. The fourth-order valence-corrected chi connectivity index (χ4v) is 2.64. The van der Waals surface area contributed by atoms with Crippen LogP contribution in [0.25, 0.3) is 0 Å². The number of morpholine rings is 1. The number of ether oxygens (including phenoxy) is 2. The number of hydrogen-bond donors (Lipinski definition) is 0. The molecule has 0 N–H and O–H groups in total. The van der Waals surface area contributed by atoms with E-state index in [0.29, 0.717) is 44.9 Å². The summed E-state index contributed by atoms with van der Waals surface area (Å²) in [6.45, 7) is 2.42. The highest BCUT2D eigenvalue weighted by Gasteiger charge is 2.23. The zero-order valence-corrected chi connectivity index (χ0v) is 11.3. The summed E-state index contributed by atoms with van der Waals surface area (Å²) in [4.78, 5) is 25.4. The second kappa shape index (κ2) is 5.63. The van der Waals surface area contributed by atoms with Gasteiger partial charge in [-0.05, 0) is 12.5 Å². The number of amides is 1. The number of rotatable bonds is 3. The fraction of sp³-hybridized carbons (Fsp3) is 0.467. The highest BCUT2D eigenvalue weighted by molar-refractivity contribution is 6.01. The number of nitrogens with zero attached hydrogens (tertiary/aromatic N) is 1. The number of fused-ring (bicyclic) bond motifs is 1. The zero-order valence-electron chi connectivity index (χ0n) is 11.3. The van der Waals surface area contributed by atoms with E-state index < -0.39 is 0 Å². The van der Waals surface area contributed by atoms with Gasteiger partial charge in [0.2, 0.25) is 0 Å². The van der Waals surface area contributed by atoms with E-state index in [1.807, 2.05) is 12.1 Å². The molecular formula is C15H17NO4. The van der Waals surface area contributed by atoms with Crippen LogP contribution in [0.3, 0.4) is 0 Å². The molecule has 1 aromatic rings. The normalized spacial score (nSPS) is 18.0. The van der Waals surface area contributed by atoms with Gasteiger partial charge in [-0.2, -0.15) is 0 Å². The Hall–Kier alpha value is -1.88. The van der Waals surface area contributed by atoms with E-state index in [9.17, 15) is 9.59 Å². The minimum atomic E-state index is -0.0322. The quantitative estimate of drug-likeness (QED) is 0.827. The van der Waals surface area contributed by atoms with Gasteiger partial charge in [0.25, 0.3) is 5.91 Å². The maximum absolute atomic E-state index is 12.0. The maximum atomic E-state index is 12.0. The molecule has 5 nitrogen and oxygen atoms in total. The van der Waals surface area contributed by atoms with Crippen LogP contribution >= 0.6 is 0 Å². The summed E-state index contributed by atoms with van der Waals surface area (Å²) in [5, 5.41) is 0. The summed E-state index contributed by atoms with van der Waals surface area (Å²) >= 11 is 0. The SMILES string of the molecule is O=C1CCc2c(OCC(=O)N3CCOCC3)cccc21. The van der Waals surface area contributed by atoms with Gasteiger partial charge in [0.15, 0.2) is 12.4 Å². The topological polar surface area (TPSA) is 55.8 Å². The third-order valence-corrected chi connectivity index (χ3v) is 3.75. The molecule has 2 aliphatic rings. The van der Waals surface area contributed by atoms with Crippen molar-refractivity contribution >= 4 is 11.7 Å². The Morgan fingerprint density at radius 3 is 2.85 bits per heavy atom. The van der Waals surface area contributed by atoms with Crippen molar-refractivity contribution in [1.29, 1.82) is 0 Å². The predicted octanol–water partition coefficient (Wildman–Crippen LogP) is 1.05. The Morgan fingerprint density at radius 2 is 2.05 bits per heavy atom. The number of benzene rings is 1. The first-order valence-electron chi connectivity index (χ1n) is 6.89. The molecule has 0 bridgehead atoms. The monoisotopic (exact) mass is 275 g/mol. The van der Waals surface area contributed by atoms with E-state index in [2.05, 4.69) is 0 Å². The molecular weight excluding hydrogens is 258 g/mol. The summed E-state index contributed by atoms with van der Waals surface area (Å²) in [6, 6.07) is 5.45. The van der Waals surface area contributed by atoms with Crippen molar-refractivity contribution in [2.24, 2.45) is 0 Å². The molecule has 106 valence electrons. The molecule has 0 atom stereocenters. The van der Waals surface area contributed by atoms with Gasteiger partial charge < -0.3 is 14.4 Å². The molecule has 1 amide bonds. The lowest BCUT2D eigenvalue weighted by Gasteiger charge is -2.26. The van der Waals surface area contributed by atoms with Crippen molar-refractivity contribution < 1.29 is 19.1 Å². The third kappa shape index (κ3) is 2.54. The van der Waals surface area contributed by atoms with Crippen molar-refractivity contribution in [2.75, 3.05) is 32.9 Å². The molecule has 5 heteroatoms. The Kier molecular flexibility index (Phi) is 3.69. The molecule has 0 saturated carbocycles. The number of ketones is 1. The van der Waals surface area contributed by atoms with Gasteiger partial charge in [0.1, 0.15) is 5.75 Å². The molecule has 0 radical (unpaired) electrons. The average Bonchev–Trinajstić information content (AvgIpc) is 2.88. The van der Waals surface area contributed by atoms with E-state index in [1.165, 1.54) is 0 Å². The van der Waals surface area contributed by atoms with Gasteiger partial charge >= 0.3 is 0 Å². The predicted molar refractivity (Wildman–Crippen MR) is 72.0 cm³/mol. The number of Topliss-reactive ketones (excluding diaryl/α,β-unsaturated/α-hetero) is 1. The second-order valence-corrected chi connectivity index (χ2v) is 4.99. The highest BCUT2D eigenvalue weighted by atomic mass is 16.5. The molecule has 1 heterocycles. The molecule has 1 aromatic carbocycles. The standard InChI is InChI=1S/C15H17NO4/c17-13-5-4-12-11(13)2-1-3-14(12)20-10-15(18)16-6-8-19-9-7-16/h1-3H,4-10H2. The summed E-state index contributed by atoms with van der Waals surface area (Å²) < 4.78 is 10.8. The van der Waals surface area contributed by atoms with Gasteiger partial charge in [-0.25, -0.2) is 0 Å². The summed E-state index contributed by atoms with van der Waals surface area (Å²) in [5.74, 6) is 0.787. The minimum Gasteiger partial charge on any atom is -0.483 e. The van der Waals surface area contributed by atoms with E-state index in [0.717, 1.165) is 11.1 Å². The lowest BCUT2D eigenvalue weighted by atomic mass is 10.1. The van der Waals surface area contributed by atoms with E-state index in [1.54, 1.807) is 11.0 Å². The molecule has 1 fully saturated rings. The summed E-state index contributed by atoms with van der Waals surface area (Å²) in [6.07, 6.45) is 1.24. The van der Waals surface area contributed by atoms with Gasteiger partial charge in [0.05, 0.1) is 13.2 Å². The Balaban J connectivity index is 1.64. The van der Waals surface area contributed by atoms with Crippen molar-refractivity contribution in [3.63, 3.8) is 0 Å². The van der Waals surface area contributed by atoms with Crippen molar-refractivity contribution in [2.45, 2.75) is 12.8 Å². The molecule has 3 rings (SSSR count). The van der Waals surface area contributed by atoms with Crippen LogP contribution in [0.15, 0.2) is 18.2 Å². The molecule has 0 unspecified atom stereocenters. The number of hydrogen-bond acceptors (Lipinski definition) is 4. The van der Waals surface area contributed by atoms with Crippen molar-refractivity contribution in [3.05, 3.63) is 29.3 Å². The zero-order chi connectivity index (χ0) is 13.9. The van der Waals surface area contributed by atoms with Gasteiger partial charge in [-0.3, -0.25) is 9.59 Å². The van der Waals surface area contributed by atoms with Crippen LogP contribution in [0, 0.1) is 0 Å². The summed E-state index contributed by atoms with van der Waals surface area (Å²) in [5.41, 5.74) is 1.67. The van der Waals surface area contributed by atoms with Crippen LogP contribution in [-0.4, -0.2) is 49.5 Å². The first-order chi connectivity index (χ1) is 9.75. The van der Waals surface area contributed by atoms with E-state index in [-0.39, 0.29) is 18.3 Å². The smallest absolute Gasteiger partial charge is 0.260 e. The number of carbonyl (C=O) groups is 2. The fourth-order valence-electron chi connectivity index (χ4n) is 2.64. The molecule has 1 aliphatic carbocycles. The van der Waals surface area contributed by atoms with Crippen molar-refractivity contribution in [1.82, 2.24) is 4.90 Å². The molecule has 0 aromatic heterocycles. The van der Waals surface area contributed by atoms with Gasteiger partial charge in [-0.1, -0.05) is 12.1 Å². The maximum Gasteiger partial charge on any atom is 0.260 e. The summed E-state index contributed by atoms with van der Waals surface area (Å²) in [7, 11) is 0. The van der Waals surface area contributed by atoms with E-state index in [4.69, 9.17) is 9.47 Å². The first-order valence-corrected chi connectivity index (χ1v) is 6.89. The molecule has 20 heavy (non-hydrogen) atoms. The van der Waals surface area contributed by atoms with Crippen LogP contribution in [-0.2, 0) is 16.0 Å². The van der Waals surface area contributed by atoms with Crippen LogP contribution in [0.1, 0.15) is 22.3 Å². The van der Waals surface area contributed by atoms with Crippen LogP contribution in [0.4, 0.5) is 0 Å². The highest BCUT2D eigenvalue weighted by Crippen LogP contribution is 2.30. The minimum absolute atomic E-state index is 0.0185. The number of carbonyl (C=O) groups excluding carboxylic acids is 2. The lowest BCUT2D eigenvalue weighted by molar-refractivity contribution is -0.137. The van der Waals surface area contributed by atoms with Crippen LogP contribution < -0.4 is 4.74 Å². The Bertz CT molecular complexity index is 535. The van der Waals surface area contributed by atoms with E-state index >= 15 is 0 Å². The van der Waals surface area contributed by atoms with Gasteiger partial charge in [-0.15, -0.1) is 0 Å². The molecule has 1 saturated heterocycles.